The lowest BCUT2D eigenvalue weighted by Crippen LogP contribution is -2.43. The summed E-state index contributed by atoms with van der Waals surface area (Å²) < 4.78 is 13.6. The number of hydrogen-bond acceptors (Lipinski definition) is 5. The van der Waals surface area contributed by atoms with Crippen molar-refractivity contribution in [2.45, 2.75) is 24.2 Å². The summed E-state index contributed by atoms with van der Waals surface area (Å²) in [6.07, 6.45) is 16.0. The molecular weight excluding hydrogens is 532 g/mol. The van der Waals surface area contributed by atoms with Crippen LogP contribution in [0.25, 0.3) is 22.0 Å². The molecule has 3 aromatic carbocycles. The van der Waals surface area contributed by atoms with E-state index in [1.807, 2.05) is 12.4 Å². The number of methoxy groups -OCH3 is 2. The Morgan fingerprint density at radius 1 is 0.791 bits per heavy atom. The molecule has 0 bridgehead atoms. The number of benzene rings is 3. The van der Waals surface area contributed by atoms with Gasteiger partial charge in [-0.1, -0.05) is 91.0 Å². The van der Waals surface area contributed by atoms with E-state index in [-0.39, 0.29) is 18.1 Å². The van der Waals surface area contributed by atoms with Crippen LogP contribution in [0.3, 0.4) is 0 Å². The minimum absolute atomic E-state index is 0.0300. The zero-order chi connectivity index (χ0) is 29.2. The van der Waals surface area contributed by atoms with Crippen LogP contribution in [-0.4, -0.2) is 54.3 Å². The second-order valence-corrected chi connectivity index (χ2v) is 11.3. The highest BCUT2D eigenvalue weighted by molar-refractivity contribution is 5.94. The molecule has 1 saturated heterocycles. The lowest BCUT2D eigenvalue weighted by atomic mass is 9.70. The third-order valence-corrected chi connectivity index (χ3v) is 9.10. The van der Waals surface area contributed by atoms with Gasteiger partial charge in [0, 0.05) is 62.3 Å². The Hall–Kier alpha value is -4.52. The van der Waals surface area contributed by atoms with Crippen molar-refractivity contribution >= 4 is 16.6 Å². The summed E-state index contributed by atoms with van der Waals surface area (Å²) >= 11 is 0. The number of rotatable bonds is 8. The molecule has 3 heterocycles. The molecule has 1 aliphatic carbocycles. The molecule has 3 atom stereocenters. The summed E-state index contributed by atoms with van der Waals surface area (Å²) in [5.74, 6) is 0.181. The number of pyridine rings is 1. The summed E-state index contributed by atoms with van der Waals surface area (Å²) in [5, 5.41) is 6.22. The van der Waals surface area contributed by atoms with Gasteiger partial charge in [-0.05, 0) is 41.3 Å². The van der Waals surface area contributed by atoms with E-state index in [1.165, 1.54) is 11.1 Å². The second kappa shape index (κ2) is 11.6. The summed E-state index contributed by atoms with van der Waals surface area (Å²) in [4.78, 5) is 7.03. The molecule has 2 aliphatic rings. The zero-order valence-electron chi connectivity index (χ0n) is 24.6. The first-order chi connectivity index (χ1) is 21.2. The van der Waals surface area contributed by atoms with E-state index in [4.69, 9.17) is 14.6 Å². The fourth-order valence-corrected chi connectivity index (χ4v) is 6.95. The van der Waals surface area contributed by atoms with Gasteiger partial charge in [0.05, 0.1) is 11.7 Å². The molecule has 0 N–H and O–H groups in total. The molecule has 0 spiro atoms. The first kappa shape index (κ1) is 27.3. The van der Waals surface area contributed by atoms with Gasteiger partial charge in [-0.25, -0.2) is 0 Å². The molecule has 1 fully saturated rings. The molecule has 43 heavy (non-hydrogen) atoms. The summed E-state index contributed by atoms with van der Waals surface area (Å²) in [6.45, 7) is 1.55. The van der Waals surface area contributed by atoms with Crippen LogP contribution in [0.4, 0.5) is 5.69 Å². The molecule has 2 aromatic heterocycles. The number of nitrogens with zero attached hydrogens (tertiary/aromatic N) is 4. The van der Waals surface area contributed by atoms with Gasteiger partial charge in [-0.15, -0.1) is 0 Å². The molecule has 0 radical (unpaired) electrons. The van der Waals surface area contributed by atoms with Gasteiger partial charge >= 0.3 is 0 Å². The smallest absolute Gasteiger partial charge is 0.119 e. The van der Waals surface area contributed by atoms with Crippen molar-refractivity contribution in [1.82, 2.24) is 14.8 Å². The van der Waals surface area contributed by atoms with Crippen LogP contribution in [0.5, 0.6) is 0 Å². The third kappa shape index (κ3) is 4.77. The standard InChI is InChI=1S/C37H36N4O2/c1-42-35-25-40(26-36(35)43-2)34-20-21-38-33-19-18-27(22-32(33)34)28-23-39-41(24-28)37(29-12-6-3-7-13-29,30-14-8-4-9-15-30)31-16-10-5-11-17-31/h3-16,18-24,31,35-36H,17,25-26H2,1-2H3/t31?,35-,36-/m0/s1. The van der Waals surface area contributed by atoms with Crippen LogP contribution in [0.2, 0.25) is 0 Å². The van der Waals surface area contributed by atoms with Crippen LogP contribution in [-0.2, 0) is 15.0 Å². The van der Waals surface area contributed by atoms with Crippen molar-refractivity contribution in [3.05, 3.63) is 139 Å². The maximum Gasteiger partial charge on any atom is 0.119 e. The van der Waals surface area contributed by atoms with Crippen molar-refractivity contribution in [1.29, 1.82) is 0 Å². The molecule has 5 aromatic rings. The van der Waals surface area contributed by atoms with Crippen molar-refractivity contribution < 1.29 is 9.47 Å². The van der Waals surface area contributed by atoms with Crippen LogP contribution < -0.4 is 4.90 Å². The number of ether oxygens (including phenoxy) is 2. The molecular formula is C37H36N4O2. The predicted octanol–water partition coefficient (Wildman–Crippen LogP) is 6.87. The van der Waals surface area contributed by atoms with E-state index in [0.717, 1.165) is 47.2 Å². The first-order valence-corrected chi connectivity index (χ1v) is 14.9. The van der Waals surface area contributed by atoms with Crippen molar-refractivity contribution in [2.24, 2.45) is 5.92 Å². The average molecular weight is 569 g/mol. The minimum atomic E-state index is -0.522. The third-order valence-electron chi connectivity index (χ3n) is 9.10. The van der Waals surface area contributed by atoms with E-state index >= 15 is 0 Å². The summed E-state index contributed by atoms with van der Waals surface area (Å²) in [6, 6.07) is 30.2. The van der Waals surface area contributed by atoms with Gasteiger partial charge < -0.3 is 14.4 Å². The SMILES string of the molecule is CO[C@H]1CN(c2ccnc3ccc(-c4cnn(C(c5ccccc5)(c5ccccc5)C5C=CC=CC5)c4)cc23)C[C@@H]1OC. The Kier molecular flexibility index (Phi) is 7.39. The minimum Gasteiger partial charge on any atom is -0.377 e. The van der Waals surface area contributed by atoms with Gasteiger partial charge in [-0.3, -0.25) is 9.67 Å². The van der Waals surface area contributed by atoms with Gasteiger partial charge in [0.25, 0.3) is 0 Å². The van der Waals surface area contributed by atoms with Crippen LogP contribution in [0, 0.1) is 5.92 Å². The van der Waals surface area contributed by atoms with Gasteiger partial charge in [0.1, 0.15) is 17.7 Å². The van der Waals surface area contributed by atoms with Gasteiger partial charge in [-0.2, -0.15) is 5.10 Å². The monoisotopic (exact) mass is 568 g/mol. The number of anilines is 1. The molecule has 6 nitrogen and oxygen atoms in total. The van der Waals surface area contributed by atoms with Crippen LogP contribution in [0.15, 0.2) is 128 Å². The lowest BCUT2D eigenvalue weighted by molar-refractivity contribution is -0.00461. The summed E-state index contributed by atoms with van der Waals surface area (Å²) in [5.41, 5.74) is 6.17. The van der Waals surface area contributed by atoms with Crippen LogP contribution >= 0.6 is 0 Å². The van der Waals surface area contributed by atoms with Crippen molar-refractivity contribution in [3.63, 3.8) is 0 Å². The van der Waals surface area contributed by atoms with Crippen molar-refractivity contribution in [2.75, 3.05) is 32.2 Å². The van der Waals surface area contributed by atoms with Crippen molar-refractivity contribution in [3.8, 4) is 11.1 Å². The molecule has 1 aliphatic heterocycles. The highest BCUT2D eigenvalue weighted by atomic mass is 16.5. The highest BCUT2D eigenvalue weighted by Crippen LogP contribution is 2.44. The second-order valence-electron chi connectivity index (χ2n) is 11.3. The molecule has 7 rings (SSSR count). The van der Waals surface area contributed by atoms with E-state index in [9.17, 15) is 0 Å². The van der Waals surface area contributed by atoms with Gasteiger partial charge in [0.15, 0.2) is 0 Å². The van der Waals surface area contributed by atoms with Crippen LogP contribution in [0.1, 0.15) is 17.5 Å². The topological polar surface area (TPSA) is 52.4 Å². The normalized spacial score (nSPS) is 20.2. The number of aromatic nitrogens is 3. The Labute approximate surface area is 252 Å². The fourth-order valence-electron chi connectivity index (χ4n) is 6.95. The Morgan fingerprint density at radius 3 is 2.12 bits per heavy atom. The average Bonchev–Trinajstić information content (AvgIpc) is 3.74. The predicted molar refractivity (Wildman–Crippen MR) is 172 cm³/mol. The molecule has 216 valence electrons. The van der Waals surface area contributed by atoms with Gasteiger partial charge in [0.2, 0.25) is 0 Å². The molecule has 6 heteroatoms. The highest BCUT2D eigenvalue weighted by Gasteiger charge is 2.43. The maximum absolute atomic E-state index is 5.73. The van der Waals surface area contributed by atoms with E-state index in [2.05, 4.69) is 130 Å². The molecule has 0 saturated carbocycles. The quantitative estimate of drug-likeness (QED) is 0.204. The Morgan fingerprint density at radius 2 is 1.49 bits per heavy atom. The summed E-state index contributed by atoms with van der Waals surface area (Å²) in [7, 11) is 3.51. The largest absolute Gasteiger partial charge is 0.377 e. The van der Waals surface area contributed by atoms with E-state index < -0.39 is 5.54 Å². The number of hydrogen-bond donors (Lipinski definition) is 0. The molecule has 1 unspecified atom stereocenters. The first-order valence-electron chi connectivity index (χ1n) is 14.9. The maximum atomic E-state index is 5.73. The fraction of sp³-hybridized carbons (Fsp3) is 0.243. The molecule has 0 amide bonds. The zero-order valence-corrected chi connectivity index (χ0v) is 24.6. The van der Waals surface area contributed by atoms with E-state index in [0.29, 0.717) is 0 Å². The lowest BCUT2D eigenvalue weighted by Gasteiger charge is -2.41. The number of allylic oxidation sites excluding steroid dienone is 4. The van der Waals surface area contributed by atoms with E-state index in [1.54, 1.807) is 14.2 Å². The number of fused-ring (bicyclic) bond motifs is 1. The Bertz CT molecular complexity index is 1710. The Balaban J connectivity index is 1.35.